The van der Waals surface area contributed by atoms with Gasteiger partial charge in [-0.3, -0.25) is 28.8 Å². The third-order valence-electron chi connectivity index (χ3n) is 39.9. The van der Waals surface area contributed by atoms with Crippen molar-refractivity contribution < 1.29 is 58.4 Å². The lowest BCUT2D eigenvalue weighted by molar-refractivity contribution is -0.232. The fraction of sp³-hybridized carbons (Fsp3) is 0.825. The summed E-state index contributed by atoms with van der Waals surface area (Å²) < 4.78 is 5.18. The van der Waals surface area contributed by atoms with Crippen LogP contribution in [0.5, 0.6) is 0 Å². The Morgan fingerprint density at radius 1 is 0.402 bits per heavy atom. The first-order valence-corrected chi connectivity index (χ1v) is 43.7. The number of carboxylic acids is 2. The monoisotopic (exact) mass is 1540 g/mol. The van der Waals surface area contributed by atoms with Gasteiger partial charge in [0.2, 0.25) is 17.1 Å². The van der Waals surface area contributed by atoms with E-state index in [0.29, 0.717) is 55.2 Å². The van der Waals surface area contributed by atoms with Gasteiger partial charge in [-0.05, 0) is 276 Å². The Morgan fingerprint density at radius 2 is 0.714 bits per heavy atom. The highest BCUT2D eigenvalue weighted by Crippen LogP contribution is 2.81. The van der Waals surface area contributed by atoms with E-state index in [1.54, 1.807) is 0 Å². The Morgan fingerprint density at radius 3 is 1.04 bits per heavy atom. The highest BCUT2D eigenvalue weighted by atomic mass is 16.5. The number of aliphatic hydroxyl groups excluding tert-OH is 1. The quantitative estimate of drug-likeness (QED) is 0.167. The van der Waals surface area contributed by atoms with Crippen LogP contribution in [-0.4, -0.2) is 69.3 Å². The molecule has 614 valence electrons. The zero-order valence-corrected chi connectivity index (χ0v) is 72.7. The molecule has 15 nitrogen and oxygen atoms in total. The Bertz CT molecular complexity index is 4260. The van der Waals surface area contributed by atoms with E-state index in [4.69, 9.17) is 24.5 Å². The van der Waals surface area contributed by atoms with E-state index in [1.807, 2.05) is 39.8 Å². The van der Waals surface area contributed by atoms with Crippen LogP contribution in [0, 0.1) is 188 Å². The van der Waals surface area contributed by atoms with Gasteiger partial charge in [0.1, 0.15) is 23.1 Å². The highest BCUT2D eigenvalue weighted by molar-refractivity contribution is 6.03. The molecule has 0 aliphatic heterocycles. The number of carbonyl (C=O) groups is 8. The molecule has 0 aromatic rings. The van der Waals surface area contributed by atoms with Crippen LogP contribution in [0.15, 0.2) is 35.0 Å². The molecule has 0 amide bonds. The van der Waals surface area contributed by atoms with Gasteiger partial charge < -0.3 is 29.6 Å². The number of carbonyl (C=O) groups excluding carboxylic acids is 6. The summed E-state index contributed by atoms with van der Waals surface area (Å²) in [6.07, 6.45) is 26.7. The summed E-state index contributed by atoms with van der Waals surface area (Å²) in [7, 11) is 1.48. The minimum Gasteiger partial charge on any atom is -0.523 e. The van der Waals surface area contributed by atoms with Crippen LogP contribution in [-0.2, 0) is 43.1 Å². The number of aliphatic hydroxyl groups is 1. The number of allylic oxidation sites excluding steroid dienone is 6. The molecule has 112 heavy (non-hydrogen) atoms. The van der Waals surface area contributed by atoms with Gasteiger partial charge in [-0.15, -0.1) is 0 Å². The number of Topliss-reactive ketones (excluding diaryl/α,β-unsaturated/α-hetero) is 5. The molecule has 0 radical (unpaired) electrons. The molecule has 3 N–H and O–H groups in total. The summed E-state index contributed by atoms with van der Waals surface area (Å²) in [6.45, 7) is 70.4. The summed E-state index contributed by atoms with van der Waals surface area (Å²) >= 11 is 0. The molecular weight excluding hydrogens is 1400 g/mol. The molecule has 24 atom stereocenters. The van der Waals surface area contributed by atoms with Crippen molar-refractivity contribution in [3.63, 3.8) is 0 Å². The lowest BCUT2D eigenvalue weighted by Gasteiger charge is -2.72. The number of hydrogen-bond acceptors (Lipinski definition) is 10. The van der Waals surface area contributed by atoms with Gasteiger partial charge in [-0.25, -0.2) is 14.5 Å². The minimum absolute atomic E-state index is 0.0421. The van der Waals surface area contributed by atoms with E-state index in [-0.39, 0.29) is 194 Å². The first-order chi connectivity index (χ1) is 51.5. The second-order valence-electron chi connectivity index (χ2n) is 47.2. The molecule has 0 saturated heterocycles. The summed E-state index contributed by atoms with van der Waals surface area (Å²) in [6, 6.07) is 0. The number of nitrogens with zero attached hydrogens (tertiary/aromatic N) is 3. The van der Waals surface area contributed by atoms with Crippen molar-refractivity contribution in [2.24, 2.45) is 168 Å². The third kappa shape index (κ3) is 11.7. The molecule has 12 fully saturated rings. The average molecular weight is 1540 g/mol. The van der Waals surface area contributed by atoms with Gasteiger partial charge in [0, 0.05) is 53.3 Å². The van der Waals surface area contributed by atoms with Crippen LogP contribution in [0.1, 0.15) is 325 Å². The number of esters is 1. The van der Waals surface area contributed by atoms with E-state index < -0.39 is 33.6 Å². The Labute approximate surface area is 671 Å². The Kier molecular flexibility index (Phi) is 19.8. The maximum absolute atomic E-state index is 14.5. The SMILES string of the molecule is [C-]#[N+]C1=C(O)C(C)(C)[C@@H]2CC[C@]3(C)[C@H](CC(=O)[C@@H]4[C@@H]5CC(C)(C)CC[C@]5(CC(=O)O)CC[C@]43C)[C@@]2(C)C1.[C-]#[N+]C1=C[C@]2(C)[C@H]3CC(=O)[C@@H]4[C@@H]5CC(C)(C)CC[C@]5(CC(=O)O)CC[C@@]4(C)[C@]3(C)CC[C@H]2C(C)(C)C1=O.[C-]#[N+]C1=C[C@]2(C)[C@H]3CC(=O)[C@@H]4[C@@H]5CC(C)(C)CC[C@]5(CC(=O)OC)CC[C@@]4(C)[C@]3(C)CC[C@H]2C(C)(C)C1=O. The van der Waals surface area contributed by atoms with Gasteiger partial charge >= 0.3 is 17.9 Å². The first-order valence-electron chi connectivity index (χ1n) is 43.7. The molecular formula is C97H139N3O12. The number of ether oxygens (including phenoxy) is 1. The van der Waals surface area contributed by atoms with E-state index in [1.165, 1.54) is 7.11 Å². The highest BCUT2D eigenvalue weighted by Gasteiger charge is 2.77. The summed E-state index contributed by atoms with van der Waals surface area (Å²) in [5.41, 5.74) is -2.96. The van der Waals surface area contributed by atoms with Crippen LogP contribution in [0.4, 0.5) is 0 Å². The normalized spacial score (nSPS) is 47.6. The van der Waals surface area contributed by atoms with Crippen molar-refractivity contribution >= 4 is 46.8 Å². The third-order valence-corrected chi connectivity index (χ3v) is 39.9. The zero-order valence-electron chi connectivity index (χ0n) is 72.7. The molecule has 0 spiro atoms. The van der Waals surface area contributed by atoms with Gasteiger partial charge in [0.15, 0.2) is 11.6 Å². The van der Waals surface area contributed by atoms with Gasteiger partial charge in [0.25, 0.3) is 0 Å². The largest absolute Gasteiger partial charge is 0.523 e. The van der Waals surface area contributed by atoms with E-state index in [0.717, 1.165) is 135 Å². The van der Waals surface area contributed by atoms with Crippen molar-refractivity contribution in [2.45, 2.75) is 325 Å². The van der Waals surface area contributed by atoms with Crippen LogP contribution in [0.2, 0.25) is 0 Å². The predicted molar refractivity (Wildman–Crippen MR) is 432 cm³/mol. The maximum atomic E-state index is 14.5. The van der Waals surface area contributed by atoms with Crippen LogP contribution >= 0.6 is 0 Å². The molecule has 12 saturated carbocycles. The fourth-order valence-corrected chi connectivity index (χ4v) is 33.3. The molecule has 0 heterocycles. The molecule has 15 aliphatic rings. The second-order valence-corrected chi connectivity index (χ2v) is 47.2. The van der Waals surface area contributed by atoms with Crippen LogP contribution < -0.4 is 0 Å². The zero-order chi connectivity index (χ0) is 82.9. The van der Waals surface area contributed by atoms with Gasteiger partial charge in [-0.2, -0.15) is 0 Å². The second kappa shape index (κ2) is 26.4. The Hall–Kier alpha value is -5.75. The number of carboxylic acid groups (broad SMARTS) is 2. The van der Waals surface area contributed by atoms with Gasteiger partial charge in [-0.1, -0.05) is 158 Å². The van der Waals surface area contributed by atoms with Crippen molar-refractivity contribution in [2.75, 3.05) is 7.11 Å². The van der Waals surface area contributed by atoms with Crippen molar-refractivity contribution in [1.82, 2.24) is 0 Å². The summed E-state index contributed by atoms with van der Waals surface area (Å²) in [4.78, 5) is 118. The van der Waals surface area contributed by atoms with Crippen molar-refractivity contribution in [1.29, 1.82) is 0 Å². The minimum atomic E-state index is -0.736. The molecule has 0 aromatic carbocycles. The molecule has 15 heteroatoms. The smallest absolute Gasteiger partial charge is 0.306 e. The lowest BCUT2D eigenvalue weighted by atomic mass is 9.31. The Balaban J connectivity index is 0.000000147. The number of fused-ring (bicyclic) bond motifs is 21. The molecule has 15 rings (SSSR count). The topological polar surface area (TPSA) is 220 Å². The maximum Gasteiger partial charge on any atom is 0.306 e. The van der Waals surface area contributed by atoms with Gasteiger partial charge in [0.05, 0.1) is 46.1 Å². The molecule has 0 bridgehead atoms. The van der Waals surface area contributed by atoms with E-state index >= 15 is 0 Å². The number of hydrogen-bond donors (Lipinski definition) is 3. The fourth-order valence-electron chi connectivity index (χ4n) is 33.3. The van der Waals surface area contributed by atoms with E-state index in [9.17, 15) is 53.7 Å². The number of rotatable bonds is 6. The standard InChI is InChI=1S/C33H47NO4.C32H47NO4.C32H45NO4/c1-28(2)12-14-33(19-25(36)38-9)15-13-32(7)26(20(33)17-28)22(35)16-24-30(5)18-21(34-8)27(37)29(3,4)23(30)10-11-31(24,32)6;2*1-27(2)11-13-32(18-24(35)36)14-12-31(7)25(19(32)16-27)21(34)15-23-29(5)17-20(33-8)26(37)28(3,4)22(29)9-10-30(23,31)6/h18,20,23-24,26H,10-17,19H2,1-7,9H3;19,22-23,25,37H,9-18H2,1-7H3,(H,35,36);17,19,22-23,25H,9-16,18H2,1-7H3,(H,35,36)/t20-,23-,24+,26-,30-,31+,32+,33+;2*19-,22-,23+,25-,29-,30+,31+,32+/m000/s1. The lowest BCUT2D eigenvalue weighted by Crippen LogP contribution is -2.68. The molecule has 0 aromatic heterocycles. The average Bonchev–Trinajstić information content (AvgIpc) is 0.679. The molecule has 0 unspecified atom stereocenters. The number of aliphatic carboxylic acids is 2. The van der Waals surface area contributed by atoms with Crippen molar-refractivity contribution in [3.8, 4) is 0 Å². The predicted octanol–water partition coefficient (Wildman–Crippen LogP) is 22.1. The summed E-state index contributed by atoms with van der Waals surface area (Å²) in [5.74, 6) is 0.407. The van der Waals surface area contributed by atoms with Crippen LogP contribution in [0.25, 0.3) is 14.5 Å². The molecule has 15 aliphatic carbocycles. The summed E-state index contributed by atoms with van der Waals surface area (Å²) in [5, 5.41) is 30.9. The first kappa shape index (κ1) is 84.2. The number of ketones is 5. The van der Waals surface area contributed by atoms with E-state index in [2.05, 4.69) is 132 Å². The van der Waals surface area contributed by atoms with Crippen molar-refractivity contribution in [3.05, 3.63) is 69.3 Å². The number of methoxy groups -OCH3 is 1. The van der Waals surface area contributed by atoms with Crippen LogP contribution in [0.3, 0.4) is 0 Å².